The van der Waals surface area contributed by atoms with Crippen LogP contribution >= 0.6 is 0 Å². The van der Waals surface area contributed by atoms with Crippen LogP contribution in [0.1, 0.15) is 71.7 Å². The minimum atomic E-state index is -0.507. The molecule has 10 aromatic rings. The van der Waals surface area contributed by atoms with Crippen molar-refractivity contribution in [3.05, 3.63) is 281 Å². The molecule has 332 valence electrons. The lowest BCUT2D eigenvalue weighted by atomic mass is 9.67. The molecule has 0 aliphatic heterocycles. The van der Waals surface area contributed by atoms with E-state index in [9.17, 15) is 0 Å². The van der Waals surface area contributed by atoms with Gasteiger partial charge in [0.05, 0.1) is 5.41 Å². The third-order valence-corrected chi connectivity index (χ3v) is 15.3. The Hall–Kier alpha value is -8.00. The van der Waals surface area contributed by atoms with E-state index in [0.29, 0.717) is 0 Å². The van der Waals surface area contributed by atoms with Crippen LogP contribution in [0.3, 0.4) is 0 Å². The van der Waals surface area contributed by atoms with Gasteiger partial charge < -0.3 is 4.90 Å². The number of nitrogens with zero attached hydrogens (tertiary/aromatic N) is 1. The van der Waals surface area contributed by atoms with Crippen molar-refractivity contribution in [3.8, 4) is 55.6 Å². The minimum Gasteiger partial charge on any atom is -0.310 e. The maximum Gasteiger partial charge on any atom is 0.0714 e. The van der Waals surface area contributed by atoms with Crippen molar-refractivity contribution in [1.82, 2.24) is 0 Å². The fraction of sp³-hybridized carbons (Fsp3) is 0.118. The third kappa shape index (κ3) is 6.82. The van der Waals surface area contributed by atoms with E-state index in [4.69, 9.17) is 0 Å². The second kappa shape index (κ2) is 17.0. The molecule has 0 aromatic heterocycles. The van der Waals surface area contributed by atoms with Gasteiger partial charge in [-0.3, -0.25) is 0 Å². The number of benzene rings is 10. The average molecular weight is 886 g/mol. The quantitative estimate of drug-likeness (QED) is 0.132. The van der Waals surface area contributed by atoms with Crippen molar-refractivity contribution in [2.75, 3.05) is 4.90 Å². The summed E-state index contributed by atoms with van der Waals surface area (Å²) in [5.41, 5.74) is 26.1. The first-order valence-corrected chi connectivity index (χ1v) is 24.6. The first-order valence-electron chi connectivity index (χ1n) is 24.6. The summed E-state index contributed by atoms with van der Waals surface area (Å²) in [6.07, 6.45) is 2.12. The molecule has 0 bridgehead atoms. The standard InChI is InChI=1S/C68H55N/c1-5-19-57-56(28-18-29-58(57)55-25-13-12-20-46(55)2)49-34-32-47(33-35-49)48-36-38-52(39-37-48)69(53-40-42-61-59-26-14-16-30-63(59)67(3,4)65(61)44-53)54-41-43-62-60-27-15-17-31-64(60)68(66(62)45-54,50-21-8-6-9-22-50)51-23-10-7-11-24-51/h6-18,20-45H,5,19H2,1-4H3. The monoisotopic (exact) mass is 885 g/mol. The van der Waals surface area contributed by atoms with Crippen molar-refractivity contribution in [1.29, 1.82) is 0 Å². The molecule has 2 aliphatic rings. The molecular weight excluding hydrogens is 831 g/mol. The van der Waals surface area contributed by atoms with Crippen LogP contribution in [0.5, 0.6) is 0 Å². The first-order chi connectivity index (χ1) is 33.9. The minimum absolute atomic E-state index is 0.141. The lowest BCUT2D eigenvalue weighted by molar-refractivity contribution is 0.660. The summed E-state index contributed by atoms with van der Waals surface area (Å²) in [5.74, 6) is 0. The largest absolute Gasteiger partial charge is 0.310 e. The summed E-state index contributed by atoms with van der Waals surface area (Å²) in [6.45, 7) is 9.24. The van der Waals surface area contributed by atoms with Crippen LogP contribution in [0.15, 0.2) is 237 Å². The van der Waals surface area contributed by atoms with Gasteiger partial charge in [0, 0.05) is 22.5 Å². The van der Waals surface area contributed by atoms with Gasteiger partial charge in [-0.25, -0.2) is 0 Å². The SMILES string of the molecule is CCCc1c(-c2ccc(-c3ccc(N(c4ccc5c(c4)C(C)(C)c4ccccc4-5)c4ccc5c(c4)C(c4ccccc4)(c4ccccc4)c4ccccc4-5)cc3)cc2)cccc1-c1ccccc1C. The topological polar surface area (TPSA) is 3.24 Å². The molecule has 0 atom stereocenters. The molecule has 0 amide bonds. The molecule has 0 saturated carbocycles. The number of hydrogen-bond donors (Lipinski definition) is 0. The molecule has 12 rings (SSSR count). The zero-order chi connectivity index (χ0) is 46.7. The van der Waals surface area contributed by atoms with E-state index in [-0.39, 0.29) is 5.41 Å². The highest BCUT2D eigenvalue weighted by Gasteiger charge is 2.46. The normalized spacial score (nSPS) is 13.6. The van der Waals surface area contributed by atoms with E-state index in [2.05, 4.69) is 269 Å². The summed E-state index contributed by atoms with van der Waals surface area (Å²) in [5, 5.41) is 0. The van der Waals surface area contributed by atoms with E-state index in [0.717, 1.165) is 29.9 Å². The van der Waals surface area contributed by atoms with Crippen LogP contribution in [0, 0.1) is 6.92 Å². The Morgan fingerprint density at radius 2 is 0.797 bits per heavy atom. The maximum atomic E-state index is 2.48. The van der Waals surface area contributed by atoms with Crippen molar-refractivity contribution in [3.63, 3.8) is 0 Å². The Labute approximate surface area is 408 Å². The van der Waals surface area contributed by atoms with Gasteiger partial charge in [0.2, 0.25) is 0 Å². The van der Waals surface area contributed by atoms with Crippen molar-refractivity contribution >= 4 is 17.1 Å². The molecule has 0 spiro atoms. The van der Waals surface area contributed by atoms with E-state index < -0.39 is 5.41 Å². The predicted molar refractivity (Wildman–Crippen MR) is 291 cm³/mol. The highest BCUT2D eigenvalue weighted by molar-refractivity contribution is 5.91. The lowest BCUT2D eigenvalue weighted by Gasteiger charge is -2.35. The lowest BCUT2D eigenvalue weighted by Crippen LogP contribution is -2.28. The van der Waals surface area contributed by atoms with Crippen molar-refractivity contribution in [2.45, 2.75) is 51.4 Å². The smallest absolute Gasteiger partial charge is 0.0714 e. The first kappa shape index (κ1) is 42.4. The molecule has 0 heterocycles. The number of aryl methyl sites for hydroxylation is 1. The van der Waals surface area contributed by atoms with Gasteiger partial charge in [0.25, 0.3) is 0 Å². The van der Waals surface area contributed by atoms with Crippen LogP contribution in [0.25, 0.3) is 55.6 Å². The number of hydrogen-bond acceptors (Lipinski definition) is 1. The summed E-state index contributed by atoms with van der Waals surface area (Å²) >= 11 is 0. The third-order valence-electron chi connectivity index (χ3n) is 15.3. The van der Waals surface area contributed by atoms with Crippen LogP contribution in [0.2, 0.25) is 0 Å². The van der Waals surface area contributed by atoms with Crippen LogP contribution in [-0.2, 0) is 17.3 Å². The van der Waals surface area contributed by atoms with E-state index in [1.54, 1.807) is 0 Å². The van der Waals surface area contributed by atoms with Gasteiger partial charge in [-0.15, -0.1) is 0 Å². The Kier molecular flexibility index (Phi) is 10.4. The molecule has 10 aromatic carbocycles. The summed E-state index contributed by atoms with van der Waals surface area (Å²) in [6, 6.07) is 88.5. The molecule has 0 N–H and O–H groups in total. The van der Waals surface area contributed by atoms with E-state index in [1.165, 1.54) is 100 Å². The second-order valence-corrected chi connectivity index (χ2v) is 19.5. The molecule has 1 nitrogen and oxygen atoms in total. The maximum absolute atomic E-state index is 2.48. The van der Waals surface area contributed by atoms with E-state index >= 15 is 0 Å². The Morgan fingerprint density at radius 1 is 0.348 bits per heavy atom. The molecule has 2 aliphatic carbocycles. The highest BCUT2D eigenvalue weighted by atomic mass is 15.1. The zero-order valence-corrected chi connectivity index (χ0v) is 39.9. The van der Waals surface area contributed by atoms with Gasteiger partial charge in [0.1, 0.15) is 0 Å². The fourth-order valence-corrected chi connectivity index (χ4v) is 12.0. The molecule has 0 saturated heterocycles. The van der Waals surface area contributed by atoms with Crippen LogP contribution in [-0.4, -0.2) is 0 Å². The number of rotatable bonds is 10. The van der Waals surface area contributed by atoms with Crippen LogP contribution < -0.4 is 4.90 Å². The van der Waals surface area contributed by atoms with E-state index in [1.807, 2.05) is 0 Å². The molecule has 0 fully saturated rings. The zero-order valence-electron chi connectivity index (χ0n) is 39.9. The number of anilines is 3. The fourth-order valence-electron chi connectivity index (χ4n) is 12.0. The Balaban J connectivity index is 0.984. The molecule has 69 heavy (non-hydrogen) atoms. The highest BCUT2D eigenvalue weighted by Crippen LogP contribution is 2.58. The second-order valence-electron chi connectivity index (χ2n) is 19.5. The van der Waals surface area contributed by atoms with Crippen LogP contribution in [0.4, 0.5) is 17.1 Å². The average Bonchev–Trinajstić information content (AvgIpc) is 3.82. The molecular formula is C68H55N. The van der Waals surface area contributed by atoms with Gasteiger partial charge in [-0.05, 0) is 150 Å². The van der Waals surface area contributed by atoms with Gasteiger partial charge >= 0.3 is 0 Å². The summed E-state index contributed by atoms with van der Waals surface area (Å²) < 4.78 is 0. The summed E-state index contributed by atoms with van der Waals surface area (Å²) in [4.78, 5) is 2.48. The molecule has 0 unspecified atom stereocenters. The molecule has 1 heteroatoms. The predicted octanol–water partition coefficient (Wildman–Crippen LogP) is 18.1. The number of fused-ring (bicyclic) bond motifs is 6. The summed E-state index contributed by atoms with van der Waals surface area (Å²) in [7, 11) is 0. The van der Waals surface area contributed by atoms with Gasteiger partial charge in [0.15, 0.2) is 0 Å². The van der Waals surface area contributed by atoms with Crippen molar-refractivity contribution in [2.24, 2.45) is 0 Å². The van der Waals surface area contributed by atoms with Gasteiger partial charge in [-0.2, -0.15) is 0 Å². The van der Waals surface area contributed by atoms with Gasteiger partial charge in [-0.1, -0.05) is 227 Å². The molecule has 0 radical (unpaired) electrons. The van der Waals surface area contributed by atoms with Crippen molar-refractivity contribution < 1.29 is 0 Å². The Bertz CT molecular complexity index is 3480. The Morgan fingerprint density at radius 3 is 1.42 bits per heavy atom.